The van der Waals surface area contributed by atoms with E-state index < -0.39 is 0 Å². The first-order valence-corrected chi connectivity index (χ1v) is 7.61. The van der Waals surface area contributed by atoms with Crippen LogP contribution in [0.4, 0.5) is 14.9 Å². The van der Waals surface area contributed by atoms with Crippen LogP contribution in [0.15, 0.2) is 48.5 Å². The predicted octanol–water partition coefficient (Wildman–Crippen LogP) is 3.25. The molecule has 1 atom stereocenters. The van der Waals surface area contributed by atoms with Crippen molar-refractivity contribution in [1.82, 2.24) is 4.90 Å². The van der Waals surface area contributed by atoms with E-state index >= 15 is 0 Å². The van der Waals surface area contributed by atoms with E-state index in [9.17, 15) is 9.18 Å². The van der Waals surface area contributed by atoms with Gasteiger partial charge in [-0.25, -0.2) is 9.18 Å². The predicted molar refractivity (Wildman–Crippen MR) is 90.5 cm³/mol. The van der Waals surface area contributed by atoms with Gasteiger partial charge in [-0.1, -0.05) is 18.2 Å². The third-order valence-electron chi connectivity index (χ3n) is 3.63. The molecule has 0 radical (unpaired) electrons. The molecular weight excluding hydrogens is 311 g/mol. The maximum Gasteiger partial charge on any atom is 0.321 e. The second-order valence-corrected chi connectivity index (χ2v) is 5.52. The van der Waals surface area contributed by atoms with Gasteiger partial charge < -0.3 is 20.1 Å². The van der Waals surface area contributed by atoms with E-state index in [0.29, 0.717) is 11.4 Å². The topological polar surface area (TPSA) is 61.8 Å². The summed E-state index contributed by atoms with van der Waals surface area (Å²) in [5.74, 6) is 0.0931. The number of nitrogens with one attached hydrogen (secondary N) is 1. The first kappa shape index (κ1) is 17.7. The van der Waals surface area contributed by atoms with Crippen LogP contribution in [-0.2, 0) is 6.61 Å². The number of hydrogen-bond donors (Lipinski definition) is 2. The maximum atomic E-state index is 13.1. The van der Waals surface area contributed by atoms with Crippen LogP contribution in [0.5, 0.6) is 5.75 Å². The molecular formula is C18H21FN2O3. The summed E-state index contributed by atoms with van der Waals surface area (Å²) in [7, 11) is 1.62. The second-order valence-electron chi connectivity index (χ2n) is 5.52. The molecule has 2 amide bonds. The van der Waals surface area contributed by atoms with Crippen molar-refractivity contribution in [1.29, 1.82) is 0 Å². The number of carbonyl (C=O) groups is 1. The quantitative estimate of drug-likeness (QED) is 0.853. The van der Waals surface area contributed by atoms with Crippen molar-refractivity contribution in [3.63, 3.8) is 0 Å². The van der Waals surface area contributed by atoms with Crippen LogP contribution in [-0.4, -0.2) is 35.7 Å². The third-order valence-corrected chi connectivity index (χ3v) is 3.63. The molecule has 0 saturated heterocycles. The van der Waals surface area contributed by atoms with Crippen LogP contribution >= 0.6 is 0 Å². The number of anilines is 1. The van der Waals surface area contributed by atoms with E-state index in [2.05, 4.69) is 5.32 Å². The first-order valence-electron chi connectivity index (χ1n) is 7.61. The molecule has 2 N–H and O–H groups in total. The average molecular weight is 332 g/mol. The largest absolute Gasteiger partial charge is 0.489 e. The van der Waals surface area contributed by atoms with Crippen molar-refractivity contribution in [3.05, 3.63) is 59.9 Å². The van der Waals surface area contributed by atoms with E-state index in [1.54, 1.807) is 44.3 Å². The Bertz CT molecular complexity index is 693. The molecule has 0 aliphatic rings. The highest BCUT2D eigenvalue weighted by Gasteiger charge is 2.14. The van der Waals surface area contributed by atoms with Gasteiger partial charge in [-0.3, -0.25) is 0 Å². The van der Waals surface area contributed by atoms with Gasteiger partial charge >= 0.3 is 6.03 Å². The molecule has 0 aliphatic heterocycles. The molecule has 2 aromatic carbocycles. The van der Waals surface area contributed by atoms with Gasteiger partial charge in [0.1, 0.15) is 18.2 Å². The first-order chi connectivity index (χ1) is 11.5. The van der Waals surface area contributed by atoms with E-state index in [1.165, 1.54) is 17.0 Å². The molecule has 0 saturated carbocycles. The van der Waals surface area contributed by atoms with Crippen molar-refractivity contribution in [2.75, 3.05) is 19.0 Å². The zero-order valence-electron chi connectivity index (χ0n) is 13.7. The SMILES string of the molecule is CC(CO)N(C)C(=O)Nc1cccc(COc2cccc(F)c2)c1. The summed E-state index contributed by atoms with van der Waals surface area (Å²) in [6.45, 7) is 1.91. The molecule has 0 bridgehead atoms. The van der Waals surface area contributed by atoms with Crippen molar-refractivity contribution in [2.24, 2.45) is 0 Å². The highest BCUT2D eigenvalue weighted by atomic mass is 19.1. The molecule has 0 aliphatic carbocycles. The number of hydrogen-bond acceptors (Lipinski definition) is 3. The van der Waals surface area contributed by atoms with E-state index in [-0.39, 0.29) is 31.1 Å². The Morgan fingerprint density at radius 3 is 2.75 bits per heavy atom. The summed E-state index contributed by atoms with van der Waals surface area (Å²) in [5.41, 5.74) is 1.47. The molecule has 0 heterocycles. The minimum Gasteiger partial charge on any atom is -0.489 e. The summed E-state index contributed by atoms with van der Waals surface area (Å²) < 4.78 is 18.7. The Kier molecular flexibility index (Phi) is 6.14. The number of likely N-dealkylation sites (N-methyl/N-ethyl adjacent to an activating group) is 1. The summed E-state index contributed by atoms with van der Waals surface area (Å²) in [6, 6.07) is 12.6. The molecule has 0 fully saturated rings. The van der Waals surface area contributed by atoms with Crippen molar-refractivity contribution in [3.8, 4) is 5.75 Å². The van der Waals surface area contributed by atoms with E-state index in [0.717, 1.165) is 5.56 Å². The lowest BCUT2D eigenvalue weighted by atomic mass is 10.2. The molecule has 6 heteroatoms. The van der Waals surface area contributed by atoms with Gasteiger partial charge in [0, 0.05) is 18.8 Å². The molecule has 0 spiro atoms. The Hall–Kier alpha value is -2.60. The molecule has 0 aromatic heterocycles. The summed E-state index contributed by atoms with van der Waals surface area (Å²) in [6.07, 6.45) is 0. The zero-order valence-corrected chi connectivity index (χ0v) is 13.7. The van der Waals surface area contributed by atoms with E-state index in [4.69, 9.17) is 9.84 Å². The third kappa shape index (κ3) is 4.96. The number of aliphatic hydroxyl groups excluding tert-OH is 1. The van der Waals surface area contributed by atoms with Crippen molar-refractivity contribution in [2.45, 2.75) is 19.6 Å². The van der Waals surface area contributed by atoms with Gasteiger partial charge in [0.05, 0.1) is 12.6 Å². The highest BCUT2D eigenvalue weighted by Crippen LogP contribution is 2.16. The number of ether oxygens (including phenoxy) is 1. The van der Waals surface area contributed by atoms with Crippen LogP contribution in [0.1, 0.15) is 12.5 Å². The maximum absolute atomic E-state index is 13.1. The lowest BCUT2D eigenvalue weighted by Gasteiger charge is -2.23. The van der Waals surface area contributed by atoms with Crippen LogP contribution in [0.3, 0.4) is 0 Å². The Morgan fingerprint density at radius 2 is 2.04 bits per heavy atom. The molecule has 24 heavy (non-hydrogen) atoms. The smallest absolute Gasteiger partial charge is 0.321 e. The molecule has 128 valence electrons. The van der Waals surface area contributed by atoms with Crippen LogP contribution in [0.25, 0.3) is 0 Å². The lowest BCUT2D eigenvalue weighted by Crippen LogP contribution is -2.40. The second kappa shape index (κ2) is 8.31. The molecule has 1 unspecified atom stereocenters. The molecule has 5 nitrogen and oxygen atoms in total. The average Bonchev–Trinajstić information content (AvgIpc) is 2.59. The number of carbonyl (C=O) groups excluding carboxylic acids is 1. The van der Waals surface area contributed by atoms with Gasteiger partial charge in [-0.15, -0.1) is 0 Å². The van der Waals surface area contributed by atoms with Gasteiger partial charge in [0.15, 0.2) is 0 Å². The fourth-order valence-electron chi connectivity index (χ4n) is 2.00. The molecule has 2 aromatic rings. The standard InChI is InChI=1S/C18H21FN2O3/c1-13(11-22)21(2)18(23)20-16-7-3-5-14(9-16)12-24-17-8-4-6-15(19)10-17/h3-10,13,22H,11-12H2,1-2H3,(H,20,23). The minimum atomic E-state index is -0.352. The number of benzene rings is 2. The van der Waals surface area contributed by atoms with Crippen molar-refractivity contribution >= 4 is 11.7 Å². The normalized spacial score (nSPS) is 11.7. The number of amides is 2. The van der Waals surface area contributed by atoms with Crippen LogP contribution < -0.4 is 10.1 Å². The lowest BCUT2D eigenvalue weighted by molar-refractivity contribution is 0.166. The van der Waals surface area contributed by atoms with Crippen LogP contribution in [0, 0.1) is 5.82 Å². The Labute approximate surface area is 140 Å². The fourth-order valence-corrected chi connectivity index (χ4v) is 2.00. The number of rotatable bonds is 6. The highest BCUT2D eigenvalue weighted by molar-refractivity contribution is 5.89. The number of halogens is 1. The van der Waals surface area contributed by atoms with Crippen LogP contribution in [0.2, 0.25) is 0 Å². The minimum absolute atomic E-state index is 0.106. The van der Waals surface area contributed by atoms with Gasteiger partial charge in [0.25, 0.3) is 0 Å². The summed E-state index contributed by atoms with van der Waals surface area (Å²) in [5, 5.41) is 11.9. The summed E-state index contributed by atoms with van der Waals surface area (Å²) >= 11 is 0. The monoisotopic (exact) mass is 332 g/mol. The van der Waals surface area contributed by atoms with Gasteiger partial charge in [0.2, 0.25) is 0 Å². The van der Waals surface area contributed by atoms with E-state index in [1.807, 2.05) is 6.07 Å². The number of urea groups is 1. The van der Waals surface area contributed by atoms with Gasteiger partial charge in [-0.2, -0.15) is 0 Å². The fraction of sp³-hybridized carbons (Fsp3) is 0.278. The Morgan fingerprint density at radius 1 is 1.29 bits per heavy atom. The van der Waals surface area contributed by atoms with Gasteiger partial charge in [-0.05, 0) is 36.8 Å². The number of aliphatic hydroxyl groups is 1. The number of nitrogens with zero attached hydrogens (tertiary/aromatic N) is 1. The van der Waals surface area contributed by atoms with Crippen molar-refractivity contribution < 1.29 is 19.0 Å². The summed E-state index contributed by atoms with van der Waals surface area (Å²) in [4.78, 5) is 13.5. The zero-order chi connectivity index (χ0) is 17.5. The molecule has 2 rings (SSSR count). The Balaban J connectivity index is 1.97.